The highest BCUT2D eigenvalue weighted by Crippen LogP contribution is 2.33. The summed E-state index contributed by atoms with van der Waals surface area (Å²) in [5.74, 6) is -0.390. The summed E-state index contributed by atoms with van der Waals surface area (Å²) >= 11 is 0. The Morgan fingerprint density at radius 2 is 1.92 bits per heavy atom. The normalized spacial score (nSPS) is 16.2. The lowest BCUT2D eigenvalue weighted by Crippen LogP contribution is -2.45. The number of amides is 1. The molecule has 1 fully saturated rings. The molecule has 26 heavy (non-hydrogen) atoms. The third kappa shape index (κ3) is 5.06. The van der Waals surface area contributed by atoms with Gasteiger partial charge in [0.05, 0.1) is 11.3 Å². The molecule has 1 aliphatic rings. The van der Waals surface area contributed by atoms with E-state index in [9.17, 15) is 14.9 Å². The molecule has 6 nitrogen and oxygen atoms in total. The van der Waals surface area contributed by atoms with Crippen molar-refractivity contribution in [2.24, 2.45) is 0 Å². The van der Waals surface area contributed by atoms with Crippen LogP contribution in [0.2, 0.25) is 0 Å². The first-order valence-corrected chi connectivity index (χ1v) is 9.19. The van der Waals surface area contributed by atoms with Gasteiger partial charge in [-0.3, -0.25) is 9.59 Å². The van der Waals surface area contributed by atoms with Gasteiger partial charge in [0.2, 0.25) is 0 Å². The van der Waals surface area contributed by atoms with Gasteiger partial charge in [-0.2, -0.15) is 5.26 Å². The molecule has 1 amide bonds. The molecular formula is C20H26N2O4. The lowest BCUT2D eigenvalue weighted by atomic mass is 9.92. The zero-order chi connectivity index (χ0) is 19.0. The van der Waals surface area contributed by atoms with E-state index in [1.54, 1.807) is 12.1 Å². The van der Waals surface area contributed by atoms with Crippen molar-refractivity contribution >= 4 is 17.6 Å². The molecule has 0 spiro atoms. The van der Waals surface area contributed by atoms with E-state index in [0.29, 0.717) is 25.1 Å². The van der Waals surface area contributed by atoms with Crippen molar-refractivity contribution in [3.8, 4) is 11.8 Å². The van der Waals surface area contributed by atoms with Crippen LogP contribution in [0.25, 0.3) is 0 Å². The Hall–Kier alpha value is -2.39. The first kappa shape index (κ1) is 19.9. The van der Waals surface area contributed by atoms with Gasteiger partial charge in [0, 0.05) is 19.6 Å². The van der Waals surface area contributed by atoms with E-state index >= 15 is 0 Å². The lowest BCUT2D eigenvalue weighted by molar-refractivity contribution is -0.143. The summed E-state index contributed by atoms with van der Waals surface area (Å²) in [6.45, 7) is 3.84. The van der Waals surface area contributed by atoms with Crippen molar-refractivity contribution in [2.75, 3.05) is 11.9 Å². The number of carbonyl (C=O) groups excluding carboxylic acids is 2. The number of esters is 1. The van der Waals surface area contributed by atoms with Crippen molar-refractivity contribution in [2.45, 2.75) is 64.4 Å². The Labute approximate surface area is 154 Å². The number of anilines is 1. The zero-order valence-corrected chi connectivity index (χ0v) is 15.5. The van der Waals surface area contributed by atoms with Crippen LogP contribution in [0.15, 0.2) is 18.2 Å². The third-order valence-electron chi connectivity index (χ3n) is 4.53. The number of nitrogens with one attached hydrogen (secondary N) is 1. The van der Waals surface area contributed by atoms with Gasteiger partial charge in [0.25, 0.3) is 5.91 Å². The Morgan fingerprint density at radius 1 is 1.23 bits per heavy atom. The zero-order valence-electron chi connectivity index (χ0n) is 15.5. The van der Waals surface area contributed by atoms with Crippen molar-refractivity contribution in [3.05, 3.63) is 23.8 Å². The Balaban J connectivity index is 2.22. The fourth-order valence-corrected chi connectivity index (χ4v) is 3.22. The van der Waals surface area contributed by atoms with E-state index < -0.39 is 11.6 Å². The minimum absolute atomic E-state index is 0.204. The molecule has 0 saturated heterocycles. The van der Waals surface area contributed by atoms with Crippen LogP contribution in [0.1, 0.15) is 64.4 Å². The Bertz CT molecular complexity index is 686. The molecule has 0 heterocycles. The molecule has 1 aromatic rings. The molecule has 0 aromatic heterocycles. The molecule has 6 heteroatoms. The summed E-state index contributed by atoms with van der Waals surface area (Å²) < 4.78 is 11.0. The van der Waals surface area contributed by atoms with Crippen LogP contribution in [0.5, 0.6) is 5.75 Å². The van der Waals surface area contributed by atoms with Gasteiger partial charge < -0.3 is 14.8 Å². The maximum atomic E-state index is 13.0. The average molecular weight is 358 g/mol. The molecule has 1 aliphatic carbocycles. The predicted octanol–water partition coefficient (Wildman–Crippen LogP) is 3.94. The Morgan fingerprint density at radius 3 is 2.50 bits per heavy atom. The largest absolute Gasteiger partial charge is 0.427 e. The van der Waals surface area contributed by atoms with Gasteiger partial charge in [0.15, 0.2) is 0 Å². The molecule has 0 bridgehead atoms. The number of nitrogens with zero attached hydrogens (tertiary/aromatic N) is 1. The van der Waals surface area contributed by atoms with Crippen molar-refractivity contribution < 1.29 is 19.1 Å². The number of benzene rings is 1. The molecule has 0 aliphatic heterocycles. The highest BCUT2D eigenvalue weighted by atomic mass is 16.5. The molecule has 0 radical (unpaired) electrons. The van der Waals surface area contributed by atoms with E-state index in [-0.39, 0.29) is 17.2 Å². The molecule has 0 atom stereocenters. The molecular weight excluding hydrogens is 332 g/mol. The number of nitriles is 1. The summed E-state index contributed by atoms with van der Waals surface area (Å²) in [6, 6.07) is 6.63. The SMILES string of the molecule is CCCOC1(C(=O)Nc2ccc(OC(C)=O)cc2C#N)CCCCCC1. The van der Waals surface area contributed by atoms with Gasteiger partial charge in [0.1, 0.15) is 17.4 Å². The lowest BCUT2D eigenvalue weighted by Gasteiger charge is -2.31. The average Bonchev–Trinajstić information content (AvgIpc) is 2.87. The van der Waals surface area contributed by atoms with E-state index in [4.69, 9.17) is 9.47 Å². The second kappa shape index (κ2) is 9.35. The maximum Gasteiger partial charge on any atom is 0.308 e. The van der Waals surface area contributed by atoms with Crippen LogP contribution in [-0.4, -0.2) is 24.1 Å². The molecule has 1 saturated carbocycles. The second-order valence-corrected chi connectivity index (χ2v) is 6.62. The van der Waals surface area contributed by atoms with E-state index in [0.717, 1.165) is 32.1 Å². The first-order chi connectivity index (χ1) is 12.5. The molecule has 1 aromatic carbocycles. The second-order valence-electron chi connectivity index (χ2n) is 6.62. The van der Waals surface area contributed by atoms with Gasteiger partial charge in [-0.15, -0.1) is 0 Å². The van der Waals surface area contributed by atoms with Gasteiger partial charge in [-0.1, -0.05) is 32.6 Å². The van der Waals surface area contributed by atoms with Crippen LogP contribution in [0.4, 0.5) is 5.69 Å². The van der Waals surface area contributed by atoms with Crippen molar-refractivity contribution in [1.29, 1.82) is 5.26 Å². The number of rotatable bonds is 6. The van der Waals surface area contributed by atoms with E-state index in [1.807, 2.05) is 13.0 Å². The summed E-state index contributed by atoms with van der Waals surface area (Å²) in [5.41, 5.74) is -0.193. The van der Waals surface area contributed by atoms with Crippen molar-refractivity contribution in [3.63, 3.8) is 0 Å². The van der Waals surface area contributed by atoms with Gasteiger partial charge in [-0.25, -0.2) is 0 Å². The Kier molecular flexibility index (Phi) is 7.16. The summed E-state index contributed by atoms with van der Waals surface area (Å²) in [6.07, 6.45) is 6.32. The predicted molar refractivity (Wildman–Crippen MR) is 97.8 cm³/mol. The van der Waals surface area contributed by atoms with Gasteiger partial charge in [-0.05, 0) is 31.4 Å². The van der Waals surface area contributed by atoms with Crippen LogP contribution in [-0.2, 0) is 14.3 Å². The minimum atomic E-state index is -0.839. The summed E-state index contributed by atoms with van der Waals surface area (Å²) in [5, 5.41) is 12.2. The molecule has 0 unspecified atom stereocenters. The number of ether oxygens (including phenoxy) is 2. The minimum Gasteiger partial charge on any atom is -0.427 e. The topological polar surface area (TPSA) is 88.4 Å². The fraction of sp³-hybridized carbons (Fsp3) is 0.550. The summed E-state index contributed by atoms with van der Waals surface area (Å²) in [7, 11) is 0. The van der Waals surface area contributed by atoms with Gasteiger partial charge >= 0.3 is 5.97 Å². The smallest absolute Gasteiger partial charge is 0.308 e. The monoisotopic (exact) mass is 358 g/mol. The van der Waals surface area contributed by atoms with Crippen LogP contribution >= 0.6 is 0 Å². The maximum absolute atomic E-state index is 13.0. The highest BCUT2D eigenvalue weighted by molar-refractivity contribution is 5.98. The standard InChI is InChI=1S/C20H26N2O4/c1-3-12-25-20(10-6-4-5-7-11-20)19(24)22-18-9-8-17(26-15(2)23)13-16(18)14-21/h8-9,13H,3-7,10-12H2,1-2H3,(H,22,24). The quantitative estimate of drug-likeness (QED) is 0.473. The number of carbonyl (C=O) groups is 2. The van der Waals surface area contributed by atoms with Crippen LogP contribution < -0.4 is 10.1 Å². The fourth-order valence-electron chi connectivity index (χ4n) is 3.22. The molecule has 1 N–H and O–H groups in total. The van der Waals surface area contributed by atoms with E-state index in [1.165, 1.54) is 13.0 Å². The van der Waals surface area contributed by atoms with Crippen molar-refractivity contribution in [1.82, 2.24) is 0 Å². The number of hydrogen-bond acceptors (Lipinski definition) is 5. The van der Waals surface area contributed by atoms with Crippen LogP contribution in [0, 0.1) is 11.3 Å². The molecule has 2 rings (SSSR count). The molecule has 140 valence electrons. The van der Waals surface area contributed by atoms with Crippen LogP contribution in [0.3, 0.4) is 0 Å². The first-order valence-electron chi connectivity index (χ1n) is 9.19. The third-order valence-corrected chi connectivity index (χ3v) is 4.53. The van der Waals surface area contributed by atoms with E-state index in [2.05, 4.69) is 5.32 Å². The summed E-state index contributed by atoms with van der Waals surface area (Å²) in [4.78, 5) is 24.1. The number of hydrogen-bond donors (Lipinski definition) is 1. The highest BCUT2D eigenvalue weighted by Gasteiger charge is 2.39.